The van der Waals surface area contributed by atoms with E-state index in [4.69, 9.17) is 23.2 Å². The molecule has 2 aromatic carbocycles. The van der Waals surface area contributed by atoms with E-state index in [9.17, 15) is 4.79 Å². The molecule has 1 aromatic heterocycles. The number of hydrogen-bond donors (Lipinski definition) is 2. The van der Waals surface area contributed by atoms with Gasteiger partial charge in [-0.1, -0.05) is 41.4 Å². The van der Waals surface area contributed by atoms with Gasteiger partial charge in [0.1, 0.15) is 5.69 Å². The number of nitrogens with zero attached hydrogens (tertiary/aromatic N) is 1. The van der Waals surface area contributed by atoms with E-state index in [2.05, 4.69) is 15.5 Å². The summed E-state index contributed by atoms with van der Waals surface area (Å²) in [4.78, 5) is 15.3. The van der Waals surface area contributed by atoms with Crippen molar-refractivity contribution in [1.29, 1.82) is 0 Å². The van der Waals surface area contributed by atoms with E-state index in [1.807, 2.05) is 31.2 Å². The van der Waals surface area contributed by atoms with Gasteiger partial charge in [0.2, 0.25) is 0 Å². The predicted octanol–water partition coefficient (Wildman–Crippen LogP) is 4.55. The van der Waals surface area contributed by atoms with Crippen LogP contribution in [0.15, 0.2) is 47.6 Å². The van der Waals surface area contributed by atoms with Gasteiger partial charge in [0.05, 0.1) is 11.2 Å². The van der Waals surface area contributed by atoms with Crippen LogP contribution < -0.4 is 5.43 Å². The molecule has 0 radical (unpaired) electrons. The first kappa shape index (κ1) is 15.6. The Labute approximate surface area is 143 Å². The van der Waals surface area contributed by atoms with E-state index in [1.165, 1.54) is 0 Å². The second-order valence-electron chi connectivity index (χ2n) is 5.04. The van der Waals surface area contributed by atoms with Crippen LogP contribution in [0, 0.1) is 6.92 Å². The fourth-order valence-electron chi connectivity index (χ4n) is 2.36. The van der Waals surface area contributed by atoms with Crippen molar-refractivity contribution in [2.45, 2.75) is 6.92 Å². The molecule has 0 bridgehead atoms. The van der Waals surface area contributed by atoms with E-state index >= 15 is 0 Å². The van der Waals surface area contributed by atoms with Crippen molar-refractivity contribution in [3.05, 3.63) is 69.3 Å². The van der Waals surface area contributed by atoms with E-state index in [-0.39, 0.29) is 5.91 Å². The highest BCUT2D eigenvalue weighted by molar-refractivity contribution is 6.36. The molecule has 0 aliphatic carbocycles. The summed E-state index contributed by atoms with van der Waals surface area (Å²) in [5.41, 5.74) is 5.41. The zero-order valence-electron chi connectivity index (χ0n) is 12.2. The van der Waals surface area contributed by atoms with Crippen molar-refractivity contribution in [2.75, 3.05) is 0 Å². The summed E-state index contributed by atoms with van der Waals surface area (Å²) in [5, 5.41) is 6.07. The standard InChI is InChI=1S/C17H13Cl2N3O/c1-10-15-13(19)3-2-4-14(15)21-16(10)17(23)22-20-9-11-5-7-12(18)8-6-11/h2-9,21H,1H3,(H,22,23)/b20-9-. The molecule has 1 amide bonds. The molecule has 0 saturated carbocycles. The van der Waals surface area contributed by atoms with E-state index in [0.717, 1.165) is 22.0 Å². The van der Waals surface area contributed by atoms with Crippen LogP contribution in [0.25, 0.3) is 10.9 Å². The SMILES string of the molecule is Cc1c(C(=O)N/N=C\c2ccc(Cl)cc2)[nH]c2cccc(Cl)c12. The van der Waals surface area contributed by atoms with Crippen LogP contribution in [0.5, 0.6) is 0 Å². The predicted molar refractivity (Wildman–Crippen MR) is 94.6 cm³/mol. The molecule has 0 saturated heterocycles. The molecule has 2 N–H and O–H groups in total. The van der Waals surface area contributed by atoms with Gasteiger partial charge >= 0.3 is 0 Å². The maximum Gasteiger partial charge on any atom is 0.288 e. The summed E-state index contributed by atoms with van der Waals surface area (Å²) in [5.74, 6) is -0.319. The van der Waals surface area contributed by atoms with Crippen LogP contribution in [0.1, 0.15) is 21.6 Å². The number of halogens is 2. The second kappa shape index (κ2) is 6.44. The summed E-state index contributed by atoms with van der Waals surface area (Å²) in [7, 11) is 0. The zero-order chi connectivity index (χ0) is 16.4. The fourth-order valence-corrected chi connectivity index (χ4v) is 2.80. The third kappa shape index (κ3) is 3.23. The molecule has 0 atom stereocenters. The fraction of sp³-hybridized carbons (Fsp3) is 0.0588. The lowest BCUT2D eigenvalue weighted by Gasteiger charge is -1.99. The summed E-state index contributed by atoms with van der Waals surface area (Å²) in [6.07, 6.45) is 1.55. The quantitative estimate of drug-likeness (QED) is 0.531. The lowest BCUT2D eigenvalue weighted by atomic mass is 10.1. The van der Waals surface area contributed by atoms with Crippen molar-refractivity contribution in [3.63, 3.8) is 0 Å². The third-order valence-electron chi connectivity index (χ3n) is 3.50. The molecule has 0 fully saturated rings. The number of hydrazone groups is 1. The Hall–Kier alpha value is -2.30. The lowest BCUT2D eigenvalue weighted by molar-refractivity contribution is 0.0950. The molecule has 3 aromatic rings. The molecule has 1 heterocycles. The first-order chi connectivity index (χ1) is 11.1. The monoisotopic (exact) mass is 345 g/mol. The van der Waals surface area contributed by atoms with Crippen LogP contribution in [0.2, 0.25) is 10.0 Å². The summed E-state index contributed by atoms with van der Waals surface area (Å²) >= 11 is 12.0. The van der Waals surface area contributed by atoms with Crippen molar-refractivity contribution in [3.8, 4) is 0 Å². The number of aryl methyl sites for hydroxylation is 1. The maximum absolute atomic E-state index is 12.3. The number of nitrogens with one attached hydrogen (secondary N) is 2. The number of aromatic nitrogens is 1. The van der Waals surface area contributed by atoms with Gasteiger partial charge in [-0.25, -0.2) is 5.43 Å². The molecule has 0 aliphatic rings. The average molecular weight is 346 g/mol. The average Bonchev–Trinajstić information content (AvgIpc) is 2.88. The highest BCUT2D eigenvalue weighted by atomic mass is 35.5. The number of fused-ring (bicyclic) bond motifs is 1. The molecule has 0 spiro atoms. The van der Waals surface area contributed by atoms with E-state index < -0.39 is 0 Å². The van der Waals surface area contributed by atoms with Gasteiger partial charge in [0.25, 0.3) is 5.91 Å². The Morgan fingerprint density at radius 1 is 1.17 bits per heavy atom. The molecule has 0 unspecified atom stereocenters. The third-order valence-corrected chi connectivity index (χ3v) is 4.07. The van der Waals surface area contributed by atoms with Crippen LogP contribution in [0.4, 0.5) is 0 Å². The Balaban J connectivity index is 1.80. The number of benzene rings is 2. The molecule has 3 rings (SSSR count). The van der Waals surface area contributed by atoms with Gasteiger partial charge in [-0.2, -0.15) is 5.10 Å². The number of rotatable bonds is 3. The topological polar surface area (TPSA) is 57.2 Å². The number of H-pyrrole nitrogens is 1. The largest absolute Gasteiger partial charge is 0.350 e. The second-order valence-corrected chi connectivity index (χ2v) is 5.88. The molecule has 0 aliphatic heterocycles. The van der Waals surface area contributed by atoms with Gasteiger partial charge in [-0.15, -0.1) is 0 Å². The number of carbonyl (C=O) groups excluding carboxylic acids is 1. The van der Waals surface area contributed by atoms with Gasteiger partial charge in [0, 0.05) is 15.9 Å². The molecule has 23 heavy (non-hydrogen) atoms. The Kier molecular flexibility index (Phi) is 4.37. The van der Waals surface area contributed by atoms with Crippen molar-refractivity contribution < 1.29 is 4.79 Å². The minimum atomic E-state index is -0.319. The number of carbonyl (C=O) groups is 1. The number of hydrogen-bond acceptors (Lipinski definition) is 2. The number of amides is 1. The van der Waals surface area contributed by atoms with Crippen LogP contribution in [0.3, 0.4) is 0 Å². The minimum absolute atomic E-state index is 0.319. The van der Waals surface area contributed by atoms with Crippen molar-refractivity contribution in [2.24, 2.45) is 5.10 Å². The zero-order valence-corrected chi connectivity index (χ0v) is 13.7. The minimum Gasteiger partial charge on any atom is -0.350 e. The maximum atomic E-state index is 12.3. The molecular formula is C17H13Cl2N3O. The molecular weight excluding hydrogens is 333 g/mol. The normalized spacial score (nSPS) is 11.3. The van der Waals surface area contributed by atoms with Gasteiger partial charge in [-0.05, 0) is 42.3 Å². The lowest BCUT2D eigenvalue weighted by Crippen LogP contribution is -2.18. The summed E-state index contributed by atoms with van der Waals surface area (Å²) in [6.45, 7) is 1.85. The van der Waals surface area contributed by atoms with Gasteiger partial charge in [0.15, 0.2) is 0 Å². The molecule has 116 valence electrons. The van der Waals surface area contributed by atoms with E-state index in [1.54, 1.807) is 24.4 Å². The smallest absolute Gasteiger partial charge is 0.288 e. The first-order valence-electron chi connectivity index (χ1n) is 6.92. The van der Waals surface area contributed by atoms with Gasteiger partial charge in [-0.3, -0.25) is 4.79 Å². The Bertz CT molecular complexity index is 898. The highest BCUT2D eigenvalue weighted by Crippen LogP contribution is 2.28. The van der Waals surface area contributed by atoms with Crippen molar-refractivity contribution >= 4 is 46.2 Å². The number of aromatic amines is 1. The van der Waals surface area contributed by atoms with E-state index in [0.29, 0.717) is 15.7 Å². The van der Waals surface area contributed by atoms with Crippen LogP contribution in [-0.2, 0) is 0 Å². The van der Waals surface area contributed by atoms with Crippen molar-refractivity contribution in [1.82, 2.24) is 10.4 Å². The summed E-state index contributed by atoms with van der Waals surface area (Å²) < 4.78 is 0. The Morgan fingerprint density at radius 2 is 1.91 bits per heavy atom. The first-order valence-corrected chi connectivity index (χ1v) is 7.67. The van der Waals surface area contributed by atoms with Crippen LogP contribution >= 0.6 is 23.2 Å². The van der Waals surface area contributed by atoms with Gasteiger partial charge < -0.3 is 4.98 Å². The molecule has 6 heteroatoms. The highest BCUT2D eigenvalue weighted by Gasteiger charge is 2.15. The molecule has 4 nitrogen and oxygen atoms in total. The Morgan fingerprint density at radius 3 is 2.61 bits per heavy atom. The summed E-state index contributed by atoms with van der Waals surface area (Å²) in [6, 6.07) is 12.6. The van der Waals surface area contributed by atoms with Crippen LogP contribution in [-0.4, -0.2) is 17.1 Å².